The third-order valence-corrected chi connectivity index (χ3v) is 4.80. The van der Waals surface area contributed by atoms with E-state index in [1.807, 2.05) is 0 Å². The Morgan fingerprint density at radius 3 is 2.33 bits per heavy atom. The van der Waals surface area contributed by atoms with Gasteiger partial charge in [-0.15, -0.1) is 0 Å². The molecule has 30 heavy (non-hydrogen) atoms. The molecule has 0 aliphatic carbocycles. The van der Waals surface area contributed by atoms with E-state index >= 15 is 0 Å². The molecule has 13 heteroatoms. The molecule has 1 aliphatic rings. The quantitative estimate of drug-likeness (QED) is 0.222. The summed E-state index contributed by atoms with van der Waals surface area (Å²) in [6.45, 7) is 1.50. The molecule has 2 heterocycles. The largest absolute Gasteiger partial charge is 0.469 e. The first kappa shape index (κ1) is 22.5. The first-order chi connectivity index (χ1) is 14.2. The Labute approximate surface area is 169 Å². The highest BCUT2D eigenvalue weighted by atomic mass is 16.6. The summed E-state index contributed by atoms with van der Waals surface area (Å²) in [5.74, 6) is -4.39. The van der Waals surface area contributed by atoms with Gasteiger partial charge in [0.25, 0.3) is 0 Å². The van der Waals surface area contributed by atoms with Crippen LogP contribution >= 0.6 is 0 Å². The predicted octanol–water partition coefficient (Wildman–Crippen LogP) is 0.506. The van der Waals surface area contributed by atoms with Crippen LogP contribution in [-0.2, 0) is 23.8 Å². The number of carbonyl (C=O) groups excluding carboxylic acids is 3. The molecule has 0 saturated heterocycles. The Hall–Kier alpha value is -3.77. The van der Waals surface area contributed by atoms with E-state index in [-0.39, 0.29) is 24.2 Å². The van der Waals surface area contributed by atoms with Crippen molar-refractivity contribution in [3.8, 4) is 0 Å². The van der Waals surface area contributed by atoms with Crippen LogP contribution in [0.1, 0.15) is 53.3 Å². The Bertz CT molecular complexity index is 1010. The monoisotopic (exact) mass is 425 g/mol. The highest BCUT2D eigenvalue weighted by molar-refractivity contribution is 6.12. The number of hydrogen-bond acceptors (Lipinski definition) is 11. The molecule has 0 spiro atoms. The maximum atomic E-state index is 13.1. The lowest BCUT2D eigenvalue weighted by atomic mass is 9.89. The molecule has 1 N–H and O–H groups in total. The van der Waals surface area contributed by atoms with E-state index in [0.29, 0.717) is 4.57 Å². The minimum atomic E-state index is -1.42. The lowest BCUT2D eigenvalue weighted by Gasteiger charge is -2.20. The molecule has 1 aliphatic heterocycles. The van der Waals surface area contributed by atoms with E-state index < -0.39 is 57.2 Å². The average molecular weight is 425 g/mol. The van der Waals surface area contributed by atoms with Crippen molar-refractivity contribution in [3.63, 3.8) is 0 Å². The van der Waals surface area contributed by atoms with Crippen molar-refractivity contribution in [2.45, 2.75) is 31.7 Å². The molecule has 2 unspecified atom stereocenters. The van der Waals surface area contributed by atoms with Gasteiger partial charge in [0, 0.05) is 6.42 Å². The summed E-state index contributed by atoms with van der Waals surface area (Å²) in [7, 11) is 3.07. The number of pyridine rings is 1. The van der Waals surface area contributed by atoms with Crippen molar-refractivity contribution >= 4 is 29.3 Å². The molecule has 0 saturated carbocycles. The summed E-state index contributed by atoms with van der Waals surface area (Å²) < 4.78 is 14.7. The highest BCUT2D eigenvalue weighted by Crippen LogP contribution is 2.38. The fourth-order valence-electron chi connectivity index (χ4n) is 3.52. The van der Waals surface area contributed by atoms with Crippen LogP contribution in [0.25, 0.3) is 0 Å². The standard InChI is InChI=1S/C17H19N3O10/c1-5-7(15(22)28-2)10-11(17(24)30-4)12-8(18-25)6-9(16(23)29-3)19(12)14(21)13(10)20(26)27/h7,9,25H,5-6H2,1-4H3/b18-8+. The first-order valence-corrected chi connectivity index (χ1v) is 8.61. The Morgan fingerprint density at radius 2 is 1.90 bits per heavy atom. The Morgan fingerprint density at radius 1 is 1.27 bits per heavy atom. The van der Waals surface area contributed by atoms with Crippen LogP contribution < -0.4 is 5.56 Å². The molecular weight excluding hydrogens is 406 g/mol. The Kier molecular flexibility index (Phi) is 6.54. The maximum absolute atomic E-state index is 13.1. The van der Waals surface area contributed by atoms with Crippen LogP contribution in [0, 0.1) is 10.1 Å². The van der Waals surface area contributed by atoms with Gasteiger partial charge in [-0.1, -0.05) is 12.1 Å². The second kappa shape index (κ2) is 8.71. The molecule has 0 fully saturated rings. The zero-order chi connectivity index (χ0) is 22.7. The van der Waals surface area contributed by atoms with Crippen molar-refractivity contribution in [2.24, 2.45) is 5.16 Å². The van der Waals surface area contributed by atoms with Crippen molar-refractivity contribution in [1.29, 1.82) is 0 Å². The number of rotatable bonds is 6. The number of oxime groups is 1. The third kappa shape index (κ3) is 3.38. The SMILES string of the molecule is CCC(C(=O)OC)c1c(C(=O)OC)c2n(c(=O)c1[N+](=O)[O-])C(C(=O)OC)C/C2=N\O. The van der Waals surface area contributed by atoms with Crippen LogP contribution in [-0.4, -0.2) is 59.6 Å². The van der Waals surface area contributed by atoms with Gasteiger partial charge >= 0.3 is 29.2 Å². The van der Waals surface area contributed by atoms with E-state index in [9.17, 15) is 34.5 Å². The van der Waals surface area contributed by atoms with Gasteiger partial charge in [-0.3, -0.25) is 24.3 Å². The van der Waals surface area contributed by atoms with Gasteiger partial charge in [-0.2, -0.15) is 0 Å². The third-order valence-electron chi connectivity index (χ3n) is 4.80. The van der Waals surface area contributed by atoms with Crippen LogP contribution in [0.4, 0.5) is 5.69 Å². The predicted molar refractivity (Wildman–Crippen MR) is 97.7 cm³/mol. The summed E-state index contributed by atoms with van der Waals surface area (Å²) in [4.78, 5) is 61.0. The summed E-state index contributed by atoms with van der Waals surface area (Å²) in [5, 5.41) is 24.3. The first-order valence-electron chi connectivity index (χ1n) is 8.61. The number of ether oxygens (including phenoxy) is 3. The number of hydrogen-bond donors (Lipinski definition) is 1. The summed E-state index contributed by atoms with van der Waals surface area (Å²) in [5.41, 5.74) is -4.09. The van der Waals surface area contributed by atoms with Crippen molar-refractivity contribution in [1.82, 2.24) is 4.57 Å². The number of esters is 3. The number of carbonyl (C=O) groups is 3. The van der Waals surface area contributed by atoms with Crippen LogP contribution in [0.3, 0.4) is 0 Å². The number of nitro groups is 1. The maximum Gasteiger partial charge on any atom is 0.340 e. The molecule has 2 rings (SSSR count). The number of fused-ring (bicyclic) bond motifs is 1. The number of aromatic nitrogens is 1. The van der Waals surface area contributed by atoms with E-state index in [0.717, 1.165) is 21.3 Å². The summed E-state index contributed by atoms with van der Waals surface area (Å²) in [6.07, 6.45) is -0.440. The summed E-state index contributed by atoms with van der Waals surface area (Å²) in [6, 6.07) is -1.42. The zero-order valence-electron chi connectivity index (χ0n) is 16.5. The van der Waals surface area contributed by atoms with Gasteiger partial charge in [0.2, 0.25) is 0 Å². The van der Waals surface area contributed by atoms with Crippen LogP contribution in [0.5, 0.6) is 0 Å². The normalized spacial score (nSPS) is 17.2. The molecular formula is C17H19N3O10. The molecule has 1 aromatic heterocycles. The van der Waals surface area contributed by atoms with Gasteiger partial charge in [0.05, 0.1) is 49.0 Å². The molecule has 0 bridgehead atoms. The average Bonchev–Trinajstić information content (AvgIpc) is 3.12. The van der Waals surface area contributed by atoms with E-state index in [1.54, 1.807) is 0 Å². The zero-order valence-corrected chi connectivity index (χ0v) is 16.5. The smallest absolute Gasteiger partial charge is 0.340 e. The molecule has 2 atom stereocenters. The fraction of sp³-hybridized carbons (Fsp3) is 0.471. The molecule has 13 nitrogen and oxygen atoms in total. The van der Waals surface area contributed by atoms with Gasteiger partial charge < -0.3 is 19.4 Å². The second-order valence-corrected chi connectivity index (χ2v) is 6.18. The molecule has 0 amide bonds. The minimum absolute atomic E-state index is 0.0631. The summed E-state index contributed by atoms with van der Waals surface area (Å²) >= 11 is 0. The van der Waals surface area contributed by atoms with Crippen LogP contribution in [0.15, 0.2) is 9.95 Å². The van der Waals surface area contributed by atoms with Crippen molar-refractivity contribution < 1.29 is 38.7 Å². The van der Waals surface area contributed by atoms with Gasteiger partial charge in [-0.25, -0.2) is 9.59 Å². The minimum Gasteiger partial charge on any atom is -0.469 e. The molecule has 0 aromatic carbocycles. The van der Waals surface area contributed by atoms with Gasteiger partial charge in [-0.05, 0) is 6.42 Å². The molecule has 162 valence electrons. The fourth-order valence-corrected chi connectivity index (χ4v) is 3.52. The Balaban J connectivity index is 3.15. The van der Waals surface area contributed by atoms with Crippen LogP contribution in [0.2, 0.25) is 0 Å². The molecule has 0 radical (unpaired) electrons. The van der Waals surface area contributed by atoms with Crippen molar-refractivity contribution in [3.05, 3.63) is 37.3 Å². The van der Waals surface area contributed by atoms with Gasteiger partial charge in [0.1, 0.15) is 11.8 Å². The lowest BCUT2D eigenvalue weighted by molar-refractivity contribution is -0.387. The second-order valence-electron chi connectivity index (χ2n) is 6.18. The van der Waals surface area contributed by atoms with E-state index in [4.69, 9.17) is 4.74 Å². The van der Waals surface area contributed by atoms with Crippen molar-refractivity contribution in [2.75, 3.05) is 21.3 Å². The number of nitrogens with zero attached hydrogens (tertiary/aromatic N) is 3. The highest BCUT2D eigenvalue weighted by Gasteiger charge is 2.46. The van der Waals surface area contributed by atoms with E-state index in [2.05, 4.69) is 14.6 Å². The number of methoxy groups -OCH3 is 3. The topological polar surface area (TPSA) is 177 Å². The lowest BCUT2D eigenvalue weighted by Crippen LogP contribution is -2.34. The van der Waals surface area contributed by atoms with E-state index in [1.165, 1.54) is 6.92 Å². The molecule has 1 aromatic rings. The van der Waals surface area contributed by atoms with Gasteiger partial charge in [0.15, 0.2) is 0 Å².